The number of anilines is 2. The maximum atomic E-state index is 4.39. The standard InChI is InChI=1S/C14H26N4/c1-6-8-15-13-12(10(3)4)14(17-9-16-13)18-11(5)7-2/h9-11H,6-8H2,1-5H3,(H2,15,16,17,18). The SMILES string of the molecule is CCCNc1ncnc(NC(C)CC)c1C(C)C. The van der Waals surface area contributed by atoms with E-state index in [9.17, 15) is 0 Å². The number of rotatable bonds is 7. The average Bonchev–Trinajstić information content (AvgIpc) is 2.35. The number of nitrogens with one attached hydrogen (secondary N) is 2. The zero-order chi connectivity index (χ0) is 13.5. The molecule has 1 atom stereocenters. The van der Waals surface area contributed by atoms with Crippen molar-refractivity contribution in [3.8, 4) is 0 Å². The number of aromatic nitrogens is 2. The lowest BCUT2D eigenvalue weighted by atomic mass is 10.0. The third-order valence-electron chi connectivity index (χ3n) is 3.00. The average molecular weight is 250 g/mol. The number of hydrogen-bond donors (Lipinski definition) is 2. The molecular weight excluding hydrogens is 224 g/mol. The highest BCUT2D eigenvalue weighted by molar-refractivity contribution is 5.59. The summed E-state index contributed by atoms with van der Waals surface area (Å²) < 4.78 is 0. The van der Waals surface area contributed by atoms with Crippen LogP contribution < -0.4 is 10.6 Å². The first-order valence-corrected chi connectivity index (χ1v) is 6.95. The fourth-order valence-electron chi connectivity index (χ4n) is 1.78. The van der Waals surface area contributed by atoms with Crippen LogP contribution in [-0.4, -0.2) is 22.6 Å². The molecule has 0 aliphatic rings. The highest BCUT2D eigenvalue weighted by Gasteiger charge is 2.15. The first-order valence-electron chi connectivity index (χ1n) is 6.95. The van der Waals surface area contributed by atoms with Crippen molar-refractivity contribution in [2.45, 2.75) is 59.4 Å². The molecule has 102 valence electrons. The molecule has 0 saturated heterocycles. The van der Waals surface area contributed by atoms with Gasteiger partial charge in [0.2, 0.25) is 0 Å². The quantitative estimate of drug-likeness (QED) is 0.776. The third kappa shape index (κ3) is 3.86. The van der Waals surface area contributed by atoms with Crippen LogP contribution in [0, 0.1) is 0 Å². The maximum Gasteiger partial charge on any atom is 0.135 e. The second kappa shape index (κ2) is 7.19. The molecule has 0 amide bonds. The van der Waals surface area contributed by atoms with Crippen LogP contribution in [0.4, 0.5) is 11.6 Å². The van der Waals surface area contributed by atoms with E-state index < -0.39 is 0 Å². The Bertz CT molecular complexity index is 363. The van der Waals surface area contributed by atoms with E-state index in [1.54, 1.807) is 6.33 Å². The van der Waals surface area contributed by atoms with Gasteiger partial charge in [-0.15, -0.1) is 0 Å². The summed E-state index contributed by atoms with van der Waals surface area (Å²) in [6, 6.07) is 0.427. The molecular formula is C14H26N4. The Hall–Kier alpha value is -1.32. The van der Waals surface area contributed by atoms with E-state index in [0.29, 0.717) is 12.0 Å². The van der Waals surface area contributed by atoms with E-state index >= 15 is 0 Å². The van der Waals surface area contributed by atoms with E-state index in [1.165, 1.54) is 5.56 Å². The lowest BCUT2D eigenvalue weighted by Crippen LogP contribution is -2.18. The first-order chi connectivity index (χ1) is 8.60. The smallest absolute Gasteiger partial charge is 0.135 e. The molecule has 2 N–H and O–H groups in total. The molecule has 4 heteroatoms. The van der Waals surface area contributed by atoms with Crippen LogP contribution in [0.3, 0.4) is 0 Å². The largest absolute Gasteiger partial charge is 0.370 e. The molecule has 18 heavy (non-hydrogen) atoms. The van der Waals surface area contributed by atoms with Crippen LogP contribution in [0.15, 0.2) is 6.33 Å². The van der Waals surface area contributed by atoms with E-state index in [4.69, 9.17) is 0 Å². The van der Waals surface area contributed by atoms with Crippen molar-refractivity contribution in [1.29, 1.82) is 0 Å². The van der Waals surface area contributed by atoms with Gasteiger partial charge in [-0.1, -0.05) is 27.7 Å². The topological polar surface area (TPSA) is 49.8 Å². The molecule has 1 aromatic heterocycles. The van der Waals surface area contributed by atoms with Gasteiger partial charge in [0.05, 0.1) is 0 Å². The summed E-state index contributed by atoms with van der Waals surface area (Å²) in [5.74, 6) is 2.33. The minimum atomic E-state index is 0.400. The Morgan fingerprint density at radius 3 is 2.33 bits per heavy atom. The van der Waals surface area contributed by atoms with Crippen LogP contribution in [0.2, 0.25) is 0 Å². The van der Waals surface area contributed by atoms with Crippen molar-refractivity contribution in [1.82, 2.24) is 9.97 Å². The van der Waals surface area contributed by atoms with E-state index in [1.807, 2.05) is 0 Å². The fraction of sp³-hybridized carbons (Fsp3) is 0.714. The van der Waals surface area contributed by atoms with Gasteiger partial charge < -0.3 is 10.6 Å². The molecule has 1 aromatic rings. The van der Waals surface area contributed by atoms with Crippen molar-refractivity contribution in [2.75, 3.05) is 17.2 Å². The summed E-state index contributed by atoms with van der Waals surface area (Å²) in [7, 11) is 0. The summed E-state index contributed by atoms with van der Waals surface area (Å²) in [6.45, 7) is 11.8. The third-order valence-corrected chi connectivity index (χ3v) is 3.00. The Kier molecular flexibility index (Phi) is 5.89. The summed E-state index contributed by atoms with van der Waals surface area (Å²) in [4.78, 5) is 8.76. The lowest BCUT2D eigenvalue weighted by Gasteiger charge is -2.20. The molecule has 1 unspecified atom stereocenters. The van der Waals surface area contributed by atoms with Gasteiger partial charge in [0.15, 0.2) is 0 Å². The fourth-order valence-corrected chi connectivity index (χ4v) is 1.78. The summed E-state index contributed by atoms with van der Waals surface area (Å²) in [6.07, 6.45) is 3.81. The normalized spacial score (nSPS) is 12.6. The zero-order valence-corrected chi connectivity index (χ0v) is 12.2. The number of hydrogen-bond acceptors (Lipinski definition) is 4. The van der Waals surface area contributed by atoms with E-state index in [2.05, 4.69) is 55.2 Å². The van der Waals surface area contributed by atoms with Gasteiger partial charge in [0.1, 0.15) is 18.0 Å². The molecule has 0 bridgehead atoms. The number of nitrogens with zero attached hydrogens (tertiary/aromatic N) is 2. The molecule has 0 fully saturated rings. The van der Waals surface area contributed by atoms with Crippen molar-refractivity contribution >= 4 is 11.6 Å². The second-order valence-electron chi connectivity index (χ2n) is 5.02. The van der Waals surface area contributed by atoms with Crippen molar-refractivity contribution < 1.29 is 0 Å². The Morgan fingerprint density at radius 1 is 1.11 bits per heavy atom. The molecule has 0 aliphatic carbocycles. The molecule has 0 spiro atoms. The summed E-state index contributed by atoms with van der Waals surface area (Å²) >= 11 is 0. The second-order valence-corrected chi connectivity index (χ2v) is 5.02. The minimum Gasteiger partial charge on any atom is -0.370 e. The minimum absolute atomic E-state index is 0.400. The van der Waals surface area contributed by atoms with Gasteiger partial charge in [0.25, 0.3) is 0 Å². The zero-order valence-electron chi connectivity index (χ0n) is 12.2. The predicted molar refractivity (Wildman–Crippen MR) is 78.3 cm³/mol. The molecule has 0 saturated carbocycles. The van der Waals surface area contributed by atoms with Crippen molar-refractivity contribution in [3.05, 3.63) is 11.9 Å². The Morgan fingerprint density at radius 2 is 1.78 bits per heavy atom. The van der Waals surface area contributed by atoms with Gasteiger partial charge >= 0.3 is 0 Å². The van der Waals surface area contributed by atoms with Crippen LogP contribution in [-0.2, 0) is 0 Å². The van der Waals surface area contributed by atoms with Gasteiger partial charge in [-0.25, -0.2) is 9.97 Å². The highest BCUT2D eigenvalue weighted by Crippen LogP contribution is 2.28. The van der Waals surface area contributed by atoms with Crippen LogP contribution in [0.1, 0.15) is 58.9 Å². The van der Waals surface area contributed by atoms with Crippen molar-refractivity contribution in [3.63, 3.8) is 0 Å². The molecule has 4 nitrogen and oxygen atoms in total. The van der Waals surface area contributed by atoms with Crippen LogP contribution in [0.25, 0.3) is 0 Å². The molecule has 1 heterocycles. The van der Waals surface area contributed by atoms with E-state index in [-0.39, 0.29) is 0 Å². The van der Waals surface area contributed by atoms with E-state index in [0.717, 1.165) is 31.0 Å². The van der Waals surface area contributed by atoms with Crippen molar-refractivity contribution in [2.24, 2.45) is 0 Å². The highest BCUT2D eigenvalue weighted by atomic mass is 15.1. The Balaban J connectivity index is 3.01. The predicted octanol–water partition coefficient (Wildman–Crippen LogP) is 3.63. The first kappa shape index (κ1) is 14.7. The van der Waals surface area contributed by atoms with Gasteiger partial charge in [-0.05, 0) is 25.7 Å². The van der Waals surface area contributed by atoms with Gasteiger partial charge in [0, 0.05) is 18.2 Å². The maximum absolute atomic E-state index is 4.39. The summed E-state index contributed by atoms with van der Waals surface area (Å²) in [5.41, 5.74) is 1.19. The molecule has 1 rings (SSSR count). The van der Waals surface area contributed by atoms with Gasteiger partial charge in [-0.3, -0.25) is 0 Å². The van der Waals surface area contributed by atoms with Crippen LogP contribution >= 0.6 is 0 Å². The molecule has 0 radical (unpaired) electrons. The van der Waals surface area contributed by atoms with Gasteiger partial charge in [-0.2, -0.15) is 0 Å². The molecule has 0 aliphatic heterocycles. The molecule has 0 aromatic carbocycles. The monoisotopic (exact) mass is 250 g/mol. The summed E-state index contributed by atoms with van der Waals surface area (Å²) in [5, 5.41) is 6.85. The lowest BCUT2D eigenvalue weighted by molar-refractivity contribution is 0.748. The Labute approximate surface area is 111 Å². The van der Waals surface area contributed by atoms with Crippen LogP contribution in [0.5, 0.6) is 0 Å².